The zero-order chi connectivity index (χ0) is 19.4. The number of amidine groups is 1. The van der Waals surface area contributed by atoms with Gasteiger partial charge in [0.05, 0.1) is 26.3 Å². The van der Waals surface area contributed by atoms with Crippen LogP contribution in [0.4, 0.5) is 0 Å². The fourth-order valence-electron chi connectivity index (χ4n) is 3.03. The van der Waals surface area contributed by atoms with Gasteiger partial charge < -0.3 is 9.47 Å². The number of nitrogens with zero attached hydrogens (tertiary/aromatic N) is 2. The van der Waals surface area contributed by atoms with E-state index in [9.17, 15) is 8.42 Å². The van der Waals surface area contributed by atoms with Gasteiger partial charge in [-0.25, -0.2) is 12.7 Å². The summed E-state index contributed by atoms with van der Waals surface area (Å²) in [6.07, 6.45) is 0. The molecular formula is C20H24N2O4S. The smallest absolute Gasteiger partial charge is 0.269 e. The SMILES string of the molecule is CCOc1cc(S(=O)(=O)N2CCN=C2c2ccccc2)c(OCC)cc1C. The van der Waals surface area contributed by atoms with Crippen LogP contribution in [-0.4, -0.2) is 44.9 Å². The molecule has 2 aromatic rings. The number of hydrogen-bond donors (Lipinski definition) is 0. The topological polar surface area (TPSA) is 68.2 Å². The molecule has 3 rings (SSSR count). The number of aliphatic imine (C=N–C) groups is 1. The quantitative estimate of drug-likeness (QED) is 0.730. The zero-order valence-electron chi connectivity index (χ0n) is 15.8. The minimum absolute atomic E-state index is 0.101. The Morgan fingerprint density at radius 1 is 1.04 bits per heavy atom. The van der Waals surface area contributed by atoms with Crippen LogP contribution in [0.25, 0.3) is 0 Å². The summed E-state index contributed by atoms with van der Waals surface area (Å²) in [7, 11) is -3.85. The van der Waals surface area contributed by atoms with Crippen LogP contribution in [-0.2, 0) is 10.0 Å². The average molecular weight is 388 g/mol. The van der Waals surface area contributed by atoms with Crippen molar-refractivity contribution < 1.29 is 17.9 Å². The predicted molar refractivity (Wildman–Crippen MR) is 105 cm³/mol. The first-order chi connectivity index (χ1) is 13.0. The van der Waals surface area contributed by atoms with Crippen molar-refractivity contribution in [1.82, 2.24) is 4.31 Å². The lowest BCUT2D eigenvalue weighted by Gasteiger charge is -2.23. The first-order valence-corrected chi connectivity index (χ1v) is 10.5. The van der Waals surface area contributed by atoms with Gasteiger partial charge in [0.15, 0.2) is 0 Å². The lowest BCUT2D eigenvalue weighted by Crippen LogP contribution is -2.35. The van der Waals surface area contributed by atoms with Gasteiger partial charge in [-0.3, -0.25) is 4.99 Å². The summed E-state index contributed by atoms with van der Waals surface area (Å²) in [5.74, 6) is 1.33. The van der Waals surface area contributed by atoms with E-state index in [1.54, 1.807) is 12.1 Å². The number of benzene rings is 2. The van der Waals surface area contributed by atoms with Crippen molar-refractivity contribution in [2.45, 2.75) is 25.7 Å². The number of rotatable bonds is 7. The van der Waals surface area contributed by atoms with Crippen molar-refractivity contribution in [3.05, 3.63) is 53.6 Å². The van der Waals surface area contributed by atoms with Crippen LogP contribution in [0.5, 0.6) is 11.5 Å². The maximum Gasteiger partial charge on any atom is 0.269 e. The predicted octanol–water partition coefficient (Wildman–Crippen LogP) is 3.24. The number of hydrogen-bond acceptors (Lipinski definition) is 5. The molecule has 144 valence electrons. The van der Waals surface area contributed by atoms with Crippen molar-refractivity contribution in [2.24, 2.45) is 4.99 Å². The van der Waals surface area contributed by atoms with Crippen molar-refractivity contribution >= 4 is 15.9 Å². The van der Waals surface area contributed by atoms with Crippen molar-refractivity contribution in [1.29, 1.82) is 0 Å². The molecule has 27 heavy (non-hydrogen) atoms. The summed E-state index contributed by atoms with van der Waals surface area (Å²) in [6.45, 7) is 7.12. The third-order valence-corrected chi connectivity index (χ3v) is 6.05. The number of sulfonamides is 1. The van der Waals surface area contributed by atoms with Crippen LogP contribution in [0.2, 0.25) is 0 Å². The highest BCUT2D eigenvalue weighted by Gasteiger charge is 2.34. The normalized spacial score (nSPS) is 14.2. The lowest BCUT2D eigenvalue weighted by atomic mass is 10.2. The third-order valence-electron chi connectivity index (χ3n) is 4.24. The Balaban J connectivity index is 2.08. The molecule has 0 unspecified atom stereocenters. The molecule has 0 atom stereocenters. The van der Waals surface area contributed by atoms with Crippen LogP contribution in [0.3, 0.4) is 0 Å². The van der Waals surface area contributed by atoms with Crippen LogP contribution >= 0.6 is 0 Å². The second-order valence-electron chi connectivity index (χ2n) is 6.08. The fraction of sp³-hybridized carbons (Fsp3) is 0.350. The van der Waals surface area contributed by atoms with Gasteiger partial charge in [0, 0.05) is 11.6 Å². The summed E-state index contributed by atoms with van der Waals surface area (Å²) in [5, 5.41) is 0. The summed E-state index contributed by atoms with van der Waals surface area (Å²) < 4.78 is 39.6. The van der Waals surface area contributed by atoms with Gasteiger partial charge >= 0.3 is 0 Å². The van der Waals surface area contributed by atoms with E-state index in [0.717, 1.165) is 11.1 Å². The first-order valence-electron chi connectivity index (χ1n) is 9.01. The van der Waals surface area contributed by atoms with E-state index < -0.39 is 10.0 Å². The van der Waals surface area contributed by atoms with Gasteiger partial charge in [0.25, 0.3) is 10.0 Å². The molecule has 0 aliphatic carbocycles. The zero-order valence-corrected chi connectivity index (χ0v) is 16.6. The minimum atomic E-state index is -3.85. The summed E-state index contributed by atoms with van der Waals surface area (Å²) in [5.41, 5.74) is 1.60. The molecule has 7 heteroatoms. The molecule has 0 bridgehead atoms. The molecule has 0 fully saturated rings. The van der Waals surface area contributed by atoms with Gasteiger partial charge in [0.2, 0.25) is 0 Å². The van der Waals surface area contributed by atoms with Crippen molar-refractivity contribution in [3.63, 3.8) is 0 Å². The molecule has 0 spiro atoms. The molecule has 1 aliphatic rings. The van der Waals surface area contributed by atoms with E-state index in [1.807, 2.05) is 51.1 Å². The Kier molecular flexibility index (Phi) is 5.70. The Bertz CT molecular complexity index is 940. The van der Waals surface area contributed by atoms with Gasteiger partial charge in [-0.05, 0) is 32.4 Å². The maximum atomic E-state index is 13.5. The largest absolute Gasteiger partial charge is 0.494 e. The van der Waals surface area contributed by atoms with E-state index in [4.69, 9.17) is 9.47 Å². The molecule has 6 nitrogen and oxygen atoms in total. The molecule has 0 radical (unpaired) electrons. The molecule has 0 saturated heterocycles. The Morgan fingerprint density at radius 2 is 1.70 bits per heavy atom. The van der Waals surface area contributed by atoms with Crippen LogP contribution in [0, 0.1) is 6.92 Å². The van der Waals surface area contributed by atoms with E-state index >= 15 is 0 Å². The Labute approximate surface area is 160 Å². The van der Waals surface area contributed by atoms with Gasteiger partial charge in [-0.2, -0.15) is 0 Å². The first kappa shape index (κ1) is 19.2. The maximum absolute atomic E-state index is 13.5. The highest BCUT2D eigenvalue weighted by Crippen LogP contribution is 2.35. The Morgan fingerprint density at radius 3 is 2.37 bits per heavy atom. The lowest BCUT2D eigenvalue weighted by molar-refractivity contribution is 0.320. The molecule has 0 amide bonds. The molecule has 2 aromatic carbocycles. The summed E-state index contributed by atoms with van der Waals surface area (Å²) in [6, 6.07) is 12.6. The summed E-state index contributed by atoms with van der Waals surface area (Å²) >= 11 is 0. The van der Waals surface area contributed by atoms with E-state index in [2.05, 4.69) is 4.99 Å². The highest BCUT2D eigenvalue weighted by molar-refractivity contribution is 7.89. The fourth-order valence-corrected chi connectivity index (χ4v) is 4.61. The van der Waals surface area contributed by atoms with Crippen molar-refractivity contribution in [2.75, 3.05) is 26.3 Å². The monoisotopic (exact) mass is 388 g/mol. The second kappa shape index (κ2) is 8.00. The van der Waals surface area contributed by atoms with Crippen LogP contribution < -0.4 is 9.47 Å². The number of aryl methyl sites for hydroxylation is 1. The number of ether oxygens (including phenoxy) is 2. The Hall–Kier alpha value is -2.54. The van der Waals surface area contributed by atoms with Gasteiger partial charge in [-0.1, -0.05) is 30.3 Å². The molecule has 0 saturated carbocycles. The molecular weight excluding hydrogens is 364 g/mol. The summed E-state index contributed by atoms with van der Waals surface area (Å²) in [4.78, 5) is 4.52. The van der Waals surface area contributed by atoms with Gasteiger partial charge in [-0.15, -0.1) is 0 Å². The molecule has 0 aromatic heterocycles. The third kappa shape index (κ3) is 3.78. The minimum Gasteiger partial charge on any atom is -0.494 e. The highest BCUT2D eigenvalue weighted by atomic mass is 32.2. The van der Waals surface area contributed by atoms with Gasteiger partial charge in [0.1, 0.15) is 22.2 Å². The average Bonchev–Trinajstić information content (AvgIpc) is 3.15. The van der Waals surface area contributed by atoms with E-state index in [-0.39, 0.29) is 4.90 Å². The van der Waals surface area contributed by atoms with Crippen LogP contribution in [0.1, 0.15) is 25.0 Å². The standard InChI is InChI=1S/C20H24N2O4S/c1-4-25-17-14-19(18(26-5-2)13-15(17)3)27(23,24)22-12-11-21-20(22)16-9-7-6-8-10-16/h6-10,13-14H,4-5,11-12H2,1-3H3. The van der Waals surface area contributed by atoms with E-state index in [0.29, 0.717) is 43.6 Å². The molecule has 1 aliphatic heterocycles. The van der Waals surface area contributed by atoms with Crippen molar-refractivity contribution in [3.8, 4) is 11.5 Å². The molecule has 1 heterocycles. The van der Waals surface area contributed by atoms with Crippen LogP contribution in [0.15, 0.2) is 52.4 Å². The second-order valence-corrected chi connectivity index (χ2v) is 7.91. The van der Waals surface area contributed by atoms with E-state index in [1.165, 1.54) is 4.31 Å². The molecule has 0 N–H and O–H groups in total.